The van der Waals surface area contributed by atoms with Gasteiger partial charge in [-0.3, -0.25) is 0 Å². The molecule has 0 bridgehead atoms. The lowest BCUT2D eigenvalue weighted by atomic mass is 9.98. The fourth-order valence-electron chi connectivity index (χ4n) is 2.62. The highest BCUT2D eigenvalue weighted by Crippen LogP contribution is 2.27. The van der Waals surface area contributed by atoms with Crippen LogP contribution in [0.5, 0.6) is 0 Å². The maximum atomic E-state index is 9.58. The van der Waals surface area contributed by atoms with Gasteiger partial charge < -0.3 is 19.7 Å². The van der Waals surface area contributed by atoms with E-state index in [0.717, 1.165) is 25.7 Å². The van der Waals surface area contributed by atoms with E-state index >= 15 is 0 Å². The number of aliphatic hydroxyl groups is 2. The van der Waals surface area contributed by atoms with Crippen LogP contribution in [0.25, 0.3) is 0 Å². The predicted molar refractivity (Wildman–Crippen MR) is 86.1 cm³/mol. The lowest BCUT2D eigenvalue weighted by Gasteiger charge is -2.23. The third-order valence-corrected chi connectivity index (χ3v) is 4.30. The fraction of sp³-hybridized carbons (Fsp3) is 0.778. The highest BCUT2D eigenvalue weighted by molar-refractivity contribution is 5.10. The Balaban J connectivity index is 0.000000220. The molecule has 4 nitrogen and oxygen atoms in total. The van der Waals surface area contributed by atoms with Gasteiger partial charge in [0, 0.05) is 0 Å². The van der Waals surface area contributed by atoms with Gasteiger partial charge in [0.2, 0.25) is 0 Å². The SMILES string of the molecule is C#C[C@@](C)(O)[C@@H]1CC[C@H](C)O1.C#C[C@@](C)(O)[C@@H]1CC[C@H](C)O1. The van der Waals surface area contributed by atoms with Crippen LogP contribution in [0.2, 0.25) is 0 Å². The molecule has 2 fully saturated rings. The summed E-state index contributed by atoms with van der Waals surface area (Å²) in [6.07, 6.45) is 14.1. The van der Waals surface area contributed by atoms with Gasteiger partial charge in [0.05, 0.1) is 24.4 Å². The summed E-state index contributed by atoms with van der Waals surface area (Å²) in [5.41, 5.74) is -2.18. The summed E-state index contributed by atoms with van der Waals surface area (Å²) in [7, 11) is 0. The van der Waals surface area contributed by atoms with E-state index in [1.54, 1.807) is 13.8 Å². The summed E-state index contributed by atoms with van der Waals surface area (Å²) < 4.78 is 10.8. The first-order chi connectivity index (χ1) is 10.1. The molecule has 4 heteroatoms. The molecule has 2 heterocycles. The monoisotopic (exact) mass is 308 g/mol. The summed E-state index contributed by atoms with van der Waals surface area (Å²) in [4.78, 5) is 0. The van der Waals surface area contributed by atoms with Gasteiger partial charge in [0.15, 0.2) is 0 Å². The second-order valence-electron chi connectivity index (χ2n) is 6.61. The molecule has 2 N–H and O–H groups in total. The Morgan fingerprint density at radius 3 is 1.32 bits per heavy atom. The summed E-state index contributed by atoms with van der Waals surface area (Å²) >= 11 is 0. The molecule has 2 aliphatic heterocycles. The normalized spacial score (nSPS) is 36.2. The number of hydrogen-bond acceptors (Lipinski definition) is 4. The molecule has 0 saturated carbocycles. The minimum absolute atomic E-state index is 0.178. The number of ether oxygens (including phenoxy) is 2. The van der Waals surface area contributed by atoms with Crippen LogP contribution in [-0.2, 0) is 9.47 Å². The molecule has 0 amide bonds. The lowest BCUT2D eigenvalue weighted by molar-refractivity contribution is -0.0564. The average molecular weight is 308 g/mol. The zero-order valence-electron chi connectivity index (χ0n) is 14.0. The number of hydrogen-bond donors (Lipinski definition) is 2. The van der Waals surface area contributed by atoms with Gasteiger partial charge in [-0.15, -0.1) is 12.8 Å². The van der Waals surface area contributed by atoms with Crippen LogP contribution in [0.1, 0.15) is 53.4 Å². The van der Waals surface area contributed by atoms with Gasteiger partial charge in [0.1, 0.15) is 11.2 Å². The van der Waals surface area contributed by atoms with Gasteiger partial charge in [0.25, 0.3) is 0 Å². The minimum atomic E-state index is -1.09. The minimum Gasteiger partial charge on any atom is -0.375 e. The molecule has 2 aliphatic rings. The summed E-state index contributed by atoms with van der Waals surface area (Å²) in [5, 5.41) is 19.2. The van der Waals surface area contributed by atoms with Crippen molar-refractivity contribution in [2.24, 2.45) is 0 Å². The summed E-state index contributed by atoms with van der Waals surface area (Å²) in [6, 6.07) is 0. The van der Waals surface area contributed by atoms with Crippen molar-refractivity contribution in [1.29, 1.82) is 0 Å². The smallest absolute Gasteiger partial charge is 0.148 e. The van der Waals surface area contributed by atoms with Crippen molar-refractivity contribution in [3.05, 3.63) is 0 Å². The van der Waals surface area contributed by atoms with Gasteiger partial charge in [-0.25, -0.2) is 0 Å². The molecule has 0 spiro atoms. The van der Waals surface area contributed by atoms with Crippen LogP contribution in [0.15, 0.2) is 0 Å². The van der Waals surface area contributed by atoms with E-state index in [0.29, 0.717) is 0 Å². The Bertz CT molecular complexity index is 399. The summed E-state index contributed by atoms with van der Waals surface area (Å²) in [5.74, 6) is 4.67. The molecular formula is C18H28O4. The Kier molecular flexibility index (Phi) is 6.47. The van der Waals surface area contributed by atoms with Gasteiger partial charge >= 0.3 is 0 Å². The van der Waals surface area contributed by atoms with Crippen molar-refractivity contribution in [2.75, 3.05) is 0 Å². The van der Waals surface area contributed by atoms with E-state index in [-0.39, 0.29) is 24.4 Å². The molecule has 0 radical (unpaired) electrons. The van der Waals surface area contributed by atoms with Crippen molar-refractivity contribution in [3.8, 4) is 24.7 Å². The quantitative estimate of drug-likeness (QED) is 0.765. The zero-order valence-corrected chi connectivity index (χ0v) is 14.0. The maximum Gasteiger partial charge on any atom is 0.148 e. The van der Waals surface area contributed by atoms with Gasteiger partial charge in [-0.05, 0) is 53.4 Å². The lowest BCUT2D eigenvalue weighted by Crippen LogP contribution is -2.37. The third-order valence-electron chi connectivity index (χ3n) is 4.30. The van der Waals surface area contributed by atoms with Crippen LogP contribution in [0, 0.1) is 24.7 Å². The Morgan fingerprint density at radius 1 is 0.818 bits per heavy atom. The Morgan fingerprint density at radius 2 is 1.14 bits per heavy atom. The molecule has 0 aliphatic carbocycles. The van der Waals surface area contributed by atoms with Crippen LogP contribution in [0.4, 0.5) is 0 Å². The third kappa shape index (κ3) is 5.00. The van der Waals surface area contributed by atoms with Crippen LogP contribution < -0.4 is 0 Å². The molecule has 0 unspecified atom stereocenters. The Hall–Kier alpha value is -1.04. The van der Waals surface area contributed by atoms with E-state index in [1.807, 2.05) is 13.8 Å². The Labute approximate surface area is 134 Å². The molecule has 22 heavy (non-hydrogen) atoms. The van der Waals surface area contributed by atoms with Crippen molar-refractivity contribution in [1.82, 2.24) is 0 Å². The standard InChI is InChI=1S/2C9H14O2/c2*1-4-9(3,10)8-6-5-7(2)11-8/h2*1,7-8,10H,5-6H2,2-3H3/t2*7-,8-,9+/m00/s1. The molecular weight excluding hydrogens is 280 g/mol. The first-order valence-corrected chi connectivity index (χ1v) is 7.83. The van der Waals surface area contributed by atoms with E-state index in [1.165, 1.54) is 0 Å². The highest BCUT2D eigenvalue weighted by Gasteiger charge is 2.36. The molecule has 0 aromatic rings. The predicted octanol–water partition coefficient (Wildman–Crippen LogP) is 1.88. The van der Waals surface area contributed by atoms with E-state index in [4.69, 9.17) is 22.3 Å². The molecule has 124 valence electrons. The fourth-order valence-corrected chi connectivity index (χ4v) is 2.62. The van der Waals surface area contributed by atoms with Gasteiger partial charge in [-0.2, -0.15) is 0 Å². The van der Waals surface area contributed by atoms with Crippen molar-refractivity contribution in [2.45, 2.75) is 89.0 Å². The largest absolute Gasteiger partial charge is 0.375 e. The summed E-state index contributed by atoms with van der Waals surface area (Å²) in [6.45, 7) is 7.23. The van der Waals surface area contributed by atoms with Crippen molar-refractivity contribution >= 4 is 0 Å². The first kappa shape index (κ1) is 19.0. The molecule has 2 rings (SSSR count). The maximum absolute atomic E-state index is 9.58. The van der Waals surface area contributed by atoms with Crippen molar-refractivity contribution in [3.63, 3.8) is 0 Å². The zero-order chi connectivity index (χ0) is 17.0. The molecule has 2 saturated heterocycles. The van der Waals surface area contributed by atoms with Gasteiger partial charge in [-0.1, -0.05) is 11.8 Å². The molecule has 0 aromatic heterocycles. The first-order valence-electron chi connectivity index (χ1n) is 7.83. The second kappa shape index (κ2) is 7.49. The number of terminal acetylenes is 2. The van der Waals surface area contributed by atoms with Crippen molar-refractivity contribution < 1.29 is 19.7 Å². The highest BCUT2D eigenvalue weighted by atomic mass is 16.5. The van der Waals surface area contributed by atoms with E-state index < -0.39 is 11.2 Å². The van der Waals surface area contributed by atoms with Crippen LogP contribution >= 0.6 is 0 Å². The number of rotatable bonds is 2. The van der Waals surface area contributed by atoms with Crippen LogP contribution in [-0.4, -0.2) is 45.8 Å². The van der Waals surface area contributed by atoms with E-state index in [2.05, 4.69) is 11.8 Å². The molecule has 6 atom stereocenters. The average Bonchev–Trinajstić information content (AvgIpc) is 3.09. The van der Waals surface area contributed by atoms with Crippen LogP contribution in [0.3, 0.4) is 0 Å². The topological polar surface area (TPSA) is 58.9 Å². The van der Waals surface area contributed by atoms with E-state index in [9.17, 15) is 10.2 Å². The second-order valence-corrected chi connectivity index (χ2v) is 6.61. The molecule has 0 aromatic carbocycles.